The first-order chi connectivity index (χ1) is 7.95. The van der Waals surface area contributed by atoms with Gasteiger partial charge in [-0.1, -0.05) is 5.92 Å². The molecular weight excluding hydrogens is 232 g/mol. The molecule has 0 aliphatic heterocycles. The van der Waals surface area contributed by atoms with Crippen molar-refractivity contribution in [3.63, 3.8) is 0 Å². The molecule has 0 bridgehead atoms. The molecule has 17 heavy (non-hydrogen) atoms. The first kappa shape index (κ1) is 12.6. The zero-order chi connectivity index (χ0) is 13.0. The third-order valence-electron chi connectivity index (χ3n) is 1.83. The number of carboxylic acid groups (broad SMARTS) is 1. The summed E-state index contributed by atoms with van der Waals surface area (Å²) in [4.78, 5) is 21.9. The Labute approximate surface area is 95.3 Å². The average Bonchev–Trinajstić information content (AvgIpc) is 2.23. The van der Waals surface area contributed by atoms with Crippen LogP contribution in [-0.4, -0.2) is 17.0 Å². The van der Waals surface area contributed by atoms with Gasteiger partial charge in [-0.15, -0.1) is 6.42 Å². The summed E-state index contributed by atoms with van der Waals surface area (Å²) >= 11 is 0. The SMILES string of the molecule is C#CCC(=O)Nc1cc(F)c(F)cc1C(=O)O. The average molecular weight is 239 g/mol. The quantitative estimate of drug-likeness (QED) is 0.788. The molecule has 1 aromatic rings. The molecule has 88 valence electrons. The molecule has 0 aliphatic carbocycles. The number of carboxylic acids is 1. The summed E-state index contributed by atoms with van der Waals surface area (Å²) in [7, 11) is 0. The Kier molecular flexibility index (Phi) is 3.78. The molecule has 4 nitrogen and oxygen atoms in total. The van der Waals surface area contributed by atoms with E-state index in [1.807, 2.05) is 5.92 Å². The third-order valence-corrected chi connectivity index (χ3v) is 1.83. The molecular formula is C11H7F2NO3. The Morgan fingerprint density at radius 2 is 1.94 bits per heavy atom. The van der Waals surface area contributed by atoms with Crippen LogP contribution in [0.25, 0.3) is 0 Å². The summed E-state index contributed by atoms with van der Waals surface area (Å²) in [6.45, 7) is 0. The number of carbonyl (C=O) groups is 2. The van der Waals surface area contributed by atoms with Crippen molar-refractivity contribution in [2.75, 3.05) is 5.32 Å². The Bertz CT molecular complexity index is 520. The van der Waals surface area contributed by atoms with Gasteiger partial charge in [0.05, 0.1) is 17.7 Å². The number of anilines is 1. The Morgan fingerprint density at radius 1 is 1.35 bits per heavy atom. The lowest BCUT2D eigenvalue weighted by atomic mass is 10.1. The van der Waals surface area contributed by atoms with Crippen molar-refractivity contribution in [2.45, 2.75) is 6.42 Å². The van der Waals surface area contributed by atoms with E-state index in [1.54, 1.807) is 0 Å². The number of hydrogen-bond acceptors (Lipinski definition) is 2. The number of halogens is 2. The Hall–Kier alpha value is -2.42. The minimum Gasteiger partial charge on any atom is -0.478 e. The van der Waals surface area contributed by atoms with Crippen LogP contribution in [0, 0.1) is 24.0 Å². The third kappa shape index (κ3) is 3.01. The van der Waals surface area contributed by atoms with Crippen molar-refractivity contribution in [3.05, 3.63) is 29.3 Å². The van der Waals surface area contributed by atoms with Crippen molar-refractivity contribution in [3.8, 4) is 12.3 Å². The zero-order valence-electron chi connectivity index (χ0n) is 8.46. The van der Waals surface area contributed by atoms with Crippen molar-refractivity contribution in [1.82, 2.24) is 0 Å². The maximum atomic E-state index is 12.9. The maximum absolute atomic E-state index is 12.9. The largest absolute Gasteiger partial charge is 0.478 e. The lowest BCUT2D eigenvalue weighted by Gasteiger charge is -2.07. The molecule has 1 aromatic carbocycles. The second-order valence-corrected chi connectivity index (χ2v) is 3.05. The topological polar surface area (TPSA) is 66.4 Å². The van der Waals surface area contributed by atoms with Crippen LogP contribution in [0.5, 0.6) is 0 Å². The molecule has 0 saturated carbocycles. The monoisotopic (exact) mass is 239 g/mol. The predicted octanol–water partition coefficient (Wildman–Crippen LogP) is 1.62. The van der Waals surface area contributed by atoms with E-state index in [9.17, 15) is 18.4 Å². The molecule has 1 rings (SSSR count). The molecule has 0 aliphatic rings. The fourth-order valence-corrected chi connectivity index (χ4v) is 1.11. The van der Waals surface area contributed by atoms with Gasteiger partial charge in [-0.3, -0.25) is 4.79 Å². The number of amides is 1. The molecule has 6 heteroatoms. The van der Waals surface area contributed by atoms with E-state index in [4.69, 9.17) is 11.5 Å². The summed E-state index contributed by atoms with van der Waals surface area (Å²) in [5.41, 5.74) is -0.883. The summed E-state index contributed by atoms with van der Waals surface area (Å²) in [6.07, 6.45) is 4.58. The van der Waals surface area contributed by atoms with Gasteiger partial charge in [-0.05, 0) is 6.07 Å². The van der Waals surface area contributed by atoms with E-state index < -0.39 is 29.1 Å². The van der Waals surface area contributed by atoms with Gasteiger partial charge in [0.25, 0.3) is 0 Å². The first-order valence-corrected chi connectivity index (χ1v) is 4.41. The van der Waals surface area contributed by atoms with Crippen LogP contribution in [0.15, 0.2) is 12.1 Å². The highest BCUT2D eigenvalue weighted by Crippen LogP contribution is 2.20. The van der Waals surface area contributed by atoms with Crippen LogP contribution in [0.1, 0.15) is 16.8 Å². The standard InChI is InChI=1S/C11H7F2NO3/c1-2-3-10(15)14-9-5-8(13)7(12)4-6(9)11(16)17/h1,4-5H,3H2,(H,14,15)(H,16,17). The molecule has 0 saturated heterocycles. The normalized spacial score (nSPS) is 9.47. The number of rotatable bonds is 3. The van der Waals surface area contributed by atoms with E-state index >= 15 is 0 Å². The summed E-state index contributed by atoms with van der Waals surface area (Å²) in [5.74, 6) is -2.70. The van der Waals surface area contributed by atoms with Crippen LogP contribution in [-0.2, 0) is 4.79 Å². The number of carbonyl (C=O) groups excluding carboxylic acids is 1. The number of terminal acetylenes is 1. The van der Waals surface area contributed by atoms with Gasteiger partial charge in [-0.25, -0.2) is 13.6 Å². The number of benzene rings is 1. The van der Waals surface area contributed by atoms with Crippen molar-refractivity contribution in [2.24, 2.45) is 0 Å². The van der Waals surface area contributed by atoms with E-state index in [0.717, 1.165) is 0 Å². The van der Waals surface area contributed by atoms with E-state index in [0.29, 0.717) is 12.1 Å². The van der Waals surface area contributed by atoms with Crippen molar-refractivity contribution in [1.29, 1.82) is 0 Å². The van der Waals surface area contributed by atoms with Gasteiger partial charge in [-0.2, -0.15) is 0 Å². The van der Waals surface area contributed by atoms with E-state index in [1.165, 1.54) is 0 Å². The number of nitrogens with one attached hydrogen (secondary N) is 1. The predicted molar refractivity (Wildman–Crippen MR) is 55.4 cm³/mol. The van der Waals surface area contributed by atoms with Gasteiger partial charge in [0.2, 0.25) is 5.91 Å². The highest BCUT2D eigenvalue weighted by Gasteiger charge is 2.16. The molecule has 0 aromatic heterocycles. The van der Waals surface area contributed by atoms with Gasteiger partial charge >= 0.3 is 5.97 Å². The highest BCUT2D eigenvalue weighted by molar-refractivity contribution is 6.01. The van der Waals surface area contributed by atoms with Crippen LogP contribution in [0.4, 0.5) is 14.5 Å². The van der Waals surface area contributed by atoms with Crippen LogP contribution < -0.4 is 5.32 Å². The molecule has 0 radical (unpaired) electrons. The van der Waals surface area contributed by atoms with Gasteiger partial charge < -0.3 is 10.4 Å². The molecule has 0 spiro atoms. The minimum absolute atomic E-state index is 0.294. The Balaban J connectivity index is 3.14. The van der Waals surface area contributed by atoms with Crippen LogP contribution >= 0.6 is 0 Å². The minimum atomic E-state index is -1.49. The van der Waals surface area contributed by atoms with Crippen molar-refractivity contribution < 1.29 is 23.5 Å². The molecule has 0 unspecified atom stereocenters. The number of aromatic carboxylic acids is 1. The van der Waals surface area contributed by atoms with E-state index in [-0.39, 0.29) is 12.1 Å². The Morgan fingerprint density at radius 3 is 2.47 bits per heavy atom. The zero-order valence-corrected chi connectivity index (χ0v) is 8.46. The van der Waals surface area contributed by atoms with Crippen LogP contribution in [0.2, 0.25) is 0 Å². The van der Waals surface area contributed by atoms with Crippen LogP contribution in [0.3, 0.4) is 0 Å². The van der Waals surface area contributed by atoms with Gasteiger partial charge in [0.15, 0.2) is 11.6 Å². The molecule has 0 heterocycles. The molecule has 2 N–H and O–H groups in total. The second kappa shape index (κ2) is 5.07. The maximum Gasteiger partial charge on any atom is 0.337 e. The number of hydrogen-bond donors (Lipinski definition) is 2. The fraction of sp³-hybridized carbons (Fsp3) is 0.0909. The second-order valence-electron chi connectivity index (χ2n) is 3.05. The van der Waals surface area contributed by atoms with Crippen molar-refractivity contribution >= 4 is 17.6 Å². The molecule has 0 atom stereocenters. The highest BCUT2D eigenvalue weighted by atomic mass is 19.2. The van der Waals surface area contributed by atoms with E-state index in [2.05, 4.69) is 5.32 Å². The lowest BCUT2D eigenvalue weighted by Crippen LogP contribution is -2.14. The van der Waals surface area contributed by atoms with Gasteiger partial charge in [0, 0.05) is 6.07 Å². The summed E-state index contributed by atoms with van der Waals surface area (Å²) < 4.78 is 25.7. The summed E-state index contributed by atoms with van der Waals surface area (Å²) in [6, 6.07) is 1.08. The molecule has 0 fully saturated rings. The first-order valence-electron chi connectivity index (χ1n) is 4.41. The summed E-state index contributed by atoms with van der Waals surface area (Å²) in [5, 5.41) is 10.8. The lowest BCUT2D eigenvalue weighted by molar-refractivity contribution is -0.115. The van der Waals surface area contributed by atoms with Gasteiger partial charge in [0.1, 0.15) is 0 Å². The fourth-order valence-electron chi connectivity index (χ4n) is 1.11. The molecule has 1 amide bonds. The smallest absolute Gasteiger partial charge is 0.337 e.